The molecule has 0 atom stereocenters. The molecule has 0 fully saturated rings. The Bertz CT molecular complexity index is 809. The van der Waals surface area contributed by atoms with Gasteiger partial charge in [0.2, 0.25) is 10.0 Å². The first-order valence-electron chi connectivity index (χ1n) is 6.71. The standard InChI is InChI=1S/C15H15ClN2O4S/c16-11-4-3-5-12(10-11)23(21,22)18-9-8-17-15(20)13-6-1-2-7-14(13)19/h1-7,10,18-19H,8-9H2,(H,17,20). The molecule has 6 nitrogen and oxygen atoms in total. The number of phenolic OH excluding ortho intramolecular Hbond substituents is 1. The number of rotatable bonds is 6. The maximum absolute atomic E-state index is 12.0. The molecule has 0 aliphatic heterocycles. The van der Waals surface area contributed by atoms with E-state index in [1.54, 1.807) is 18.2 Å². The van der Waals surface area contributed by atoms with E-state index in [0.717, 1.165) is 0 Å². The molecule has 122 valence electrons. The van der Waals surface area contributed by atoms with Crippen LogP contribution in [0.5, 0.6) is 5.75 Å². The number of nitrogens with one attached hydrogen (secondary N) is 2. The van der Waals surface area contributed by atoms with Crippen molar-refractivity contribution < 1.29 is 18.3 Å². The van der Waals surface area contributed by atoms with Crippen molar-refractivity contribution in [3.05, 3.63) is 59.1 Å². The molecule has 0 saturated heterocycles. The van der Waals surface area contributed by atoms with Crippen molar-refractivity contribution >= 4 is 27.5 Å². The molecule has 23 heavy (non-hydrogen) atoms. The highest BCUT2D eigenvalue weighted by atomic mass is 35.5. The normalized spacial score (nSPS) is 11.2. The number of hydrogen-bond donors (Lipinski definition) is 3. The third-order valence-corrected chi connectivity index (χ3v) is 4.65. The predicted octanol–water partition coefficient (Wildman–Crippen LogP) is 1.75. The van der Waals surface area contributed by atoms with E-state index in [1.165, 1.54) is 30.3 Å². The van der Waals surface area contributed by atoms with E-state index in [0.29, 0.717) is 5.02 Å². The molecule has 0 heterocycles. The number of amides is 1. The van der Waals surface area contributed by atoms with Gasteiger partial charge in [-0.2, -0.15) is 0 Å². The van der Waals surface area contributed by atoms with Gasteiger partial charge in [0.1, 0.15) is 5.75 Å². The summed E-state index contributed by atoms with van der Waals surface area (Å²) in [6.45, 7) is 0.0845. The van der Waals surface area contributed by atoms with Crippen molar-refractivity contribution in [2.24, 2.45) is 0 Å². The summed E-state index contributed by atoms with van der Waals surface area (Å²) in [5.74, 6) is -0.616. The summed E-state index contributed by atoms with van der Waals surface area (Å²) >= 11 is 5.76. The number of hydrogen-bond acceptors (Lipinski definition) is 4. The average molecular weight is 355 g/mol. The molecule has 1 amide bonds. The van der Waals surface area contributed by atoms with E-state index in [9.17, 15) is 18.3 Å². The van der Waals surface area contributed by atoms with Gasteiger partial charge in [0.15, 0.2) is 0 Å². The zero-order chi connectivity index (χ0) is 16.9. The number of aromatic hydroxyl groups is 1. The molecule has 0 aliphatic carbocycles. The molecule has 0 saturated carbocycles. The van der Waals surface area contributed by atoms with Crippen LogP contribution in [-0.4, -0.2) is 32.5 Å². The van der Waals surface area contributed by atoms with E-state index in [1.807, 2.05) is 0 Å². The average Bonchev–Trinajstić information content (AvgIpc) is 2.52. The Kier molecular flexibility index (Phi) is 5.59. The molecule has 0 radical (unpaired) electrons. The molecule has 2 aromatic rings. The first kappa shape index (κ1) is 17.3. The topological polar surface area (TPSA) is 95.5 Å². The van der Waals surface area contributed by atoms with Gasteiger partial charge in [-0.3, -0.25) is 4.79 Å². The van der Waals surface area contributed by atoms with Crippen LogP contribution in [0.25, 0.3) is 0 Å². The van der Waals surface area contributed by atoms with Crippen molar-refractivity contribution in [3.8, 4) is 5.75 Å². The van der Waals surface area contributed by atoms with Gasteiger partial charge in [-0.25, -0.2) is 13.1 Å². The van der Waals surface area contributed by atoms with Gasteiger partial charge in [-0.1, -0.05) is 29.8 Å². The molecule has 3 N–H and O–H groups in total. The van der Waals surface area contributed by atoms with Crippen LogP contribution < -0.4 is 10.0 Å². The van der Waals surface area contributed by atoms with Gasteiger partial charge in [0.25, 0.3) is 5.91 Å². The lowest BCUT2D eigenvalue weighted by atomic mass is 10.2. The lowest BCUT2D eigenvalue weighted by Crippen LogP contribution is -2.34. The number of halogens is 1. The number of carbonyl (C=O) groups is 1. The Labute approximate surface area is 139 Å². The Balaban J connectivity index is 1.88. The van der Waals surface area contributed by atoms with Crippen LogP contribution >= 0.6 is 11.6 Å². The van der Waals surface area contributed by atoms with Gasteiger partial charge in [-0.05, 0) is 30.3 Å². The fourth-order valence-corrected chi connectivity index (χ4v) is 3.17. The first-order valence-corrected chi connectivity index (χ1v) is 8.58. The third-order valence-electron chi connectivity index (χ3n) is 2.96. The fourth-order valence-electron chi connectivity index (χ4n) is 1.84. The number of carbonyl (C=O) groups excluding carboxylic acids is 1. The molecule has 0 bridgehead atoms. The number of phenols is 1. The van der Waals surface area contributed by atoms with Gasteiger partial charge >= 0.3 is 0 Å². The molecule has 2 rings (SSSR count). The van der Waals surface area contributed by atoms with Crippen LogP contribution in [0.1, 0.15) is 10.4 Å². The smallest absolute Gasteiger partial charge is 0.255 e. The number of para-hydroxylation sites is 1. The highest BCUT2D eigenvalue weighted by Crippen LogP contribution is 2.15. The summed E-state index contributed by atoms with van der Waals surface area (Å²) in [5.41, 5.74) is 0.130. The minimum absolute atomic E-state index is 0.00812. The van der Waals surface area contributed by atoms with Crippen LogP contribution in [0.3, 0.4) is 0 Å². The van der Waals surface area contributed by atoms with Crippen molar-refractivity contribution in [3.63, 3.8) is 0 Å². The van der Waals surface area contributed by atoms with Gasteiger partial charge < -0.3 is 10.4 Å². The Morgan fingerprint density at radius 1 is 1.09 bits per heavy atom. The number of sulfonamides is 1. The highest BCUT2D eigenvalue weighted by molar-refractivity contribution is 7.89. The lowest BCUT2D eigenvalue weighted by Gasteiger charge is -2.09. The van der Waals surface area contributed by atoms with Crippen LogP contribution in [-0.2, 0) is 10.0 Å². The summed E-state index contributed by atoms with van der Waals surface area (Å²) < 4.78 is 26.4. The van der Waals surface area contributed by atoms with Crippen LogP contribution in [0.4, 0.5) is 0 Å². The van der Waals surface area contributed by atoms with Crippen LogP contribution in [0.2, 0.25) is 5.02 Å². The monoisotopic (exact) mass is 354 g/mol. The molecule has 2 aromatic carbocycles. The molecule has 0 spiro atoms. The molecule has 0 aliphatic rings. The maximum Gasteiger partial charge on any atom is 0.255 e. The SMILES string of the molecule is O=C(NCCNS(=O)(=O)c1cccc(Cl)c1)c1ccccc1O. The minimum Gasteiger partial charge on any atom is -0.507 e. The van der Waals surface area contributed by atoms with E-state index in [-0.39, 0.29) is 29.3 Å². The van der Waals surface area contributed by atoms with Crippen molar-refractivity contribution in [1.29, 1.82) is 0 Å². The Morgan fingerprint density at radius 2 is 1.83 bits per heavy atom. The lowest BCUT2D eigenvalue weighted by molar-refractivity contribution is 0.0951. The van der Waals surface area contributed by atoms with E-state index in [2.05, 4.69) is 10.0 Å². The van der Waals surface area contributed by atoms with Crippen molar-refractivity contribution in [1.82, 2.24) is 10.0 Å². The highest BCUT2D eigenvalue weighted by Gasteiger charge is 2.14. The summed E-state index contributed by atoms with van der Waals surface area (Å²) in [4.78, 5) is 11.9. The molecule has 0 aromatic heterocycles. The molecule has 8 heteroatoms. The van der Waals surface area contributed by atoms with E-state index >= 15 is 0 Å². The summed E-state index contributed by atoms with van der Waals surface area (Å²) in [5, 5.41) is 12.4. The summed E-state index contributed by atoms with van der Waals surface area (Å²) in [6, 6.07) is 12.0. The second-order valence-electron chi connectivity index (χ2n) is 4.63. The zero-order valence-electron chi connectivity index (χ0n) is 12.0. The van der Waals surface area contributed by atoms with Gasteiger partial charge in [-0.15, -0.1) is 0 Å². The maximum atomic E-state index is 12.0. The zero-order valence-corrected chi connectivity index (χ0v) is 13.6. The third kappa shape index (κ3) is 4.69. The fraction of sp³-hybridized carbons (Fsp3) is 0.133. The van der Waals surface area contributed by atoms with Gasteiger partial charge in [0.05, 0.1) is 10.5 Å². The van der Waals surface area contributed by atoms with Crippen molar-refractivity contribution in [2.45, 2.75) is 4.90 Å². The Morgan fingerprint density at radius 3 is 2.52 bits per heavy atom. The summed E-state index contributed by atoms with van der Waals surface area (Å²) in [6.07, 6.45) is 0. The van der Waals surface area contributed by atoms with Crippen LogP contribution in [0.15, 0.2) is 53.4 Å². The molecular weight excluding hydrogens is 340 g/mol. The summed E-state index contributed by atoms with van der Waals surface area (Å²) in [7, 11) is -3.69. The van der Waals surface area contributed by atoms with Crippen LogP contribution in [0, 0.1) is 0 Å². The first-order chi connectivity index (χ1) is 10.9. The Hall–Kier alpha value is -2.09. The largest absolute Gasteiger partial charge is 0.507 e. The quantitative estimate of drug-likeness (QED) is 0.689. The number of benzene rings is 2. The van der Waals surface area contributed by atoms with Gasteiger partial charge in [0, 0.05) is 18.1 Å². The van der Waals surface area contributed by atoms with E-state index < -0.39 is 15.9 Å². The minimum atomic E-state index is -3.69. The predicted molar refractivity (Wildman–Crippen MR) is 87.1 cm³/mol. The second-order valence-corrected chi connectivity index (χ2v) is 6.83. The molecule has 0 unspecified atom stereocenters. The van der Waals surface area contributed by atoms with E-state index in [4.69, 9.17) is 11.6 Å². The second kappa shape index (κ2) is 7.45. The molecular formula is C15H15ClN2O4S. The van der Waals surface area contributed by atoms with Crippen molar-refractivity contribution in [2.75, 3.05) is 13.1 Å².